The van der Waals surface area contributed by atoms with Gasteiger partial charge in [-0.05, 0) is 43.2 Å². The van der Waals surface area contributed by atoms with Crippen molar-refractivity contribution < 1.29 is 32.3 Å². The lowest BCUT2D eigenvalue weighted by molar-refractivity contribution is -0.141. The summed E-state index contributed by atoms with van der Waals surface area (Å²) in [6.07, 6.45) is 0.646. The van der Waals surface area contributed by atoms with E-state index in [-0.39, 0.29) is 11.3 Å². The van der Waals surface area contributed by atoms with Crippen LogP contribution < -0.4 is 14.4 Å². The van der Waals surface area contributed by atoms with E-state index in [1.165, 1.54) is 16.6 Å². The number of nitrogens with zero attached hydrogens (tertiary/aromatic N) is 3. The second-order valence-corrected chi connectivity index (χ2v) is 11.1. The van der Waals surface area contributed by atoms with Gasteiger partial charge in [0.15, 0.2) is 14.6 Å². The van der Waals surface area contributed by atoms with E-state index in [1.807, 2.05) is 19.1 Å². The summed E-state index contributed by atoms with van der Waals surface area (Å²) >= 11 is 1.12. The number of thiazole rings is 1. The van der Waals surface area contributed by atoms with Crippen molar-refractivity contribution in [1.29, 1.82) is 0 Å². The van der Waals surface area contributed by atoms with Gasteiger partial charge < -0.3 is 18.9 Å². The van der Waals surface area contributed by atoms with Crippen molar-refractivity contribution in [3.05, 3.63) is 52.8 Å². The minimum absolute atomic E-state index is 0.143. The Bertz CT molecular complexity index is 1510. The number of benzene rings is 2. The van der Waals surface area contributed by atoms with E-state index in [2.05, 4.69) is 4.99 Å². The zero-order chi connectivity index (χ0) is 25.9. The number of sulfone groups is 1. The van der Waals surface area contributed by atoms with Gasteiger partial charge in [-0.15, -0.1) is 0 Å². The lowest BCUT2D eigenvalue weighted by atomic mass is 10.2. The highest BCUT2D eigenvalue weighted by molar-refractivity contribution is 7.92. The third-order valence-electron chi connectivity index (χ3n) is 5.58. The summed E-state index contributed by atoms with van der Waals surface area (Å²) in [5.41, 5.74) is 2.28. The monoisotopic (exact) mass is 531 g/mol. The van der Waals surface area contributed by atoms with Crippen LogP contribution in [0.5, 0.6) is 5.75 Å². The van der Waals surface area contributed by atoms with Gasteiger partial charge in [0.2, 0.25) is 5.91 Å². The predicted molar refractivity (Wildman–Crippen MR) is 135 cm³/mol. The van der Waals surface area contributed by atoms with Gasteiger partial charge in [0.05, 0.1) is 23.9 Å². The van der Waals surface area contributed by atoms with Crippen molar-refractivity contribution in [2.24, 2.45) is 4.99 Å². The molecule has 0 spiro atoms. The number of aromatic nitrogens is 1. The van der Waals surface area contributed by atoms with Crippen molar-refractivity contribution in [1.82, 2.24) is 4.57 Å². The first-order valence-corrected chi connectivity index (χ1v) is 13.8. The fourth-order valence-electron chi connectivity index (χ4n) is 3.98. The number of amides is 2. The van der Waals surface area contributed by atoms with Crippen LogP contribution in [0.2, 0.25) is 0 Å². The molecule has 10 nitrogen and oxygen atoms in total. The Labute approximate surface area is 211 Å². The Kier molecular flexibility index (Phi) is 7.55. The highest BCUT2D eigenvalue weighted by Gasteiger charge is 2.29. The number of methoxy groups -OCH3 is 1. The second-order valence-electron chi connectivity index (χ2n) is 8.07. The average Bonchev–Trinajstić information content (AvgIpc) is 3.40. The number of fused-ring (bicyclic) bond motifs is 2. The average molecular weight is 532 g/mol. The first kappa shape index (κ1) is 25.6. The van der Waals surface area contributed by atoms with Crippen LogP contribution in [-0.2, 0) is 41.9 Å². The van der Waals surface area contributed by atoms with E-state index >= 15 is 0 Å². The minimum atomic E-state index is -4.08. The van der Waals surface area contributed by atoms with Gasteiger partial charge in [0, 0.05) is 12.2 Å². The fraction of sp³-hybridized carbons (Fsp3) is 0.333. The molecule has 0 radical (unpaired) electrons. The summed E-state index contributed by atoms with van der Waals surface area (Å²) in [7, 11) is -2.83. The first-order valence-electron chi connectivity index (χ1n) is 11.2. The first-order chi connectivity index (χ1) is 17.2. The molecule has 0 atom stereocenters. The van der Waals surface area contributed by atoms with E-state index in [1.54, 1.807) is 30.3 Å². The van der Waals surface area contributed by atoms with Gasteiger partial charge in [-0.3, -0.25) is 14.4 Å². The van der Waals surface area contributed by atoms with Gasteiger partial charge in [-0.1, -0.05) is 29.5 Å². The van der Waals surface area contributed by atoms with Crippen LogP contribution in [0, 0.1) is 0 Å². The number of carbonyl (C=O) groups is 3. The molecule has 1 aliphatic rings. The van der Waals surface area contributed by atoms with Crippen molar-refractivity contribution in [3.8, 4) is 5.75 Å². The van der Waals surface area contributed by atoms with Crippen LogP contribution >= 0.6 is 11.3 Å². The summed E-state index contributed by atoms with van der Waals surface area (Å²) in [5, 5.41) is 0. The normalized spacial score (nSPS) is 13.6. The molecule has 2 amide bonds. The van der Waals surface area contributed by atoms with E-state index < -0.39 is 39.1 Å². The molecule has 190 valence electrons. The predicted octanol–water partition coefficient (Wildman–Crippen LogP) is 1.71. The summed E-state index contributed by atoms with van der Waals surface area (Å²) in [4.78, 5) is 42.9. The quantitative estimate of drug-likeness (QED) is 0.405. The molecule has 2 heterocycles. The van der Waals surface area contributed by atoms with Gasteiger partial charge in [0.25, 0.3) is 5.91 Å². The van der Waals surface area contributed by atoms with Crippen molar-refractivity contribution in [2.75, 3.05) is 36.7 Å². The maximum Gasteiger partial charge on any atom is 0.325 e. The minimum Gasteiger partial charge on any atom is -0.494 e. The van der Waals surface area contributed by atoms with E-state index in [4.69, 9.17) is 9.47 Å². The molecule has 1 aromatic heterocycles. The molecule has 1 aliphatic heterocycles. The third-order valence-corrected chi connectivity index (χ3v) is 7.99. The smallest absolute Gasteiger partial charge is 0.325 e. The Morgan fingerprint density at radius 3 is 2.64 bits per heavy atom. The molecule has 4 rings (SSSR count). The number of esters is 1. The third kappa shape index (κ3) is 5.65. The number of hydrogen-bond donors (Lipinski definition) is 0. The zero-order valence-electron chi connectivity index (χ0n) is 19.8. The number of rotatable bonds is 8. The molecular formula is C24H25N3O7S2. The van der Waals surface area contributed by atoms with Crippen molar-refractivity contribution in [2.45, 2.75) is 19.9 Å². The lowest BCUT2D eigenvalue weighted by Gasteiger charge is -2.17. The molecule has 0 saturated heterocycles. The highest BCUT2D eigenvalue weighted by Crippen LogP contribution is 2.27. The van der Waals surface area contributed by atoms with Gasteiger partial charge in [-0.25, -0.2) is 8.42 Å². The van der Waals surface area contributed by atoms with E-state index in [9.17, 15) is 22.8 Å². The SMILES string of the molecule is CCOc1ccc2c(c1)sc(=NC(=O)CS(=O)(=O)CC(=O)N1CCc3ccccc31)n2CC(=O)OC. The molecule has 12 heteroatoms. The van der Waals surface area contributed by atoms with Crippen LogP contribution in [0.1, 0.15) is 12.5 Å². The molecule has 0 saturated carbocycles. The van der Waals surface area contributed by atoms with Gasteiger partial charge in [-0.2, -0.15) is 4.99 Å². The second kappa shape index (κ2) is 10.6. The standard InChI is InChI=1S/C24H25N3O7S2/c1-3-34-17-8-9-19-20(12-17)35-24(27(19)13-23(30)33-2)25-21(28)14-36(31,32)15-22(29)26-11-10-16-6-4-5-7-18(16)26/h4-9,12H,3,10-11,13-15H2,1-2H3. The molecule has 3 aromatic rings. The zero-order valence-corrected chi connectivity index (χ0v) is 21.4. The van der Waals surface area contributed by atoms with Crippen molar-refractivity contribution in [3.63, 3.8) is 0 Å². The molecule has 2 aromatic carbocycles. The van der Waals surface area contributed by atoms with Crippen LogP contribution in [0.4, 0.5) is 5.69 Å². The molecule has 0 fully saturated rings. The molecule has 0 N–H and O–H groups in total. The number of para-hydroxylation sites is 1. The lowest BCUT2D eigenvalue weighted by Crippen LogP contribution is -2.36. The topological polar surface area (TPSA) is 124 Å². The Morgan fingerprint density at radius 2 is 1.89 bits per heavy atom. The number of ether oxygens (including phenoxy) is 2. The Balaban J connectivity index is 1.56. The Morgan fingerprint density at radius 1 is 1.11 bits per heavy atom. The number of hydrogen-bond acceptors (Lipinski definition) is 8. The fourth-order valence-corrected chi connectivity index (χ4v) is 6.13. The molecule has 0 bridgehead atoms. The summed E-state index contributed by atoms with van der Waals surface area (Å²) in [6, 6.07) is 12.5. The van der Waals surface area contributed by atoms with Crippen LogP contribution in [0.25, 0.3) is 10.2 Å². The maximum absolute atomic E-state index is 12.7. The highest BCUT2D eigenvalue weighted by atomic mass is 32.2. The molecular weight excluding hydrogens is 506 g/mol. The van der Waals surface area contributed by atoms with Gasteiger partial charge in [0.1, 0.15) is 23.8 Å². The molecule has 36 heavy (non-hydrogen) atoms. The summed E-state index contributed by atoms with van der Waals surface area (Å²) < 4.78 is 37.8. The molecule has 0 aliphatic carbocycles. The summed E-state index contributed by atoms with van der Waals surface area (Å²) in [6.45, 7) is 2.50. The van der Waals surface area contributed by atoms with E-state index in [0.717, 1.165) is 16.9 Å². The maximum atomic E-state index is 12.7. The van der Waals surface area contributed by atoms with Crippen LogP contribution in [0.15, 0.2) is 47.5 Å². The van der Waals surface area contributed by atoms with E-state index in [0.29, 0.717) is 41.2 Å². The number of carbonyl (C=O) groups excluding carboxylic acids is 3. The largest absolute Gasteiger partial charge is 0.494 e. The van der Waals surface area contributed by atoms with Gasteiger partial charge >= 0.3 is 5.97 Å². The van der Waals surface area contributed by atoms with Crippen LogP contribution in [-0.4, -0.2) is 62.5 Å². The van der Waals surface area contributed by atoms with Crippen LogP contribution in [0.3, 0.4) is 0 Å². The Hall–Kier alpha value is -3.51. The summed E-state index contributed by atoms with van der Waals surface area (Å²) in [5.74, 6) is -3.18. The van der Waals surface area contributed by atoms with Crippen molar-refractivity contribution >= 4 is 54.9 Å². The number of anilines is 1. The molecule has 0 unspecified atom stereocenters.